The summed E-state index contributed by atoms with van der Waals surface area (Å²) in [6.07, 6.45) is 6.91. The van der Waals surface area contributed by atoms with E-state index in [1.54, 1.807) is 0 Å². The summed E-state index contributed by atoms with van der Waals surface area (Å²) >= 11 is 0. The second-order valence-electron chi connectivity index (χ2n) is 5.60. The molecule has 1 fully saturated rings. The highest BCUT2D eigenvalue weighted by Crippen LogP contribution is 2.25. The van der Waals surface area contributed by atoms with Crippen LogP contribution >= 0.6 is 0 Å². The first-order valence-electron chi connectivity index (χ1n) is 7.15. The minimum absolute atomic E-state index is 0.130. The quantitative estimate of drug-likeness (QED) is 0.829. The lowest BCUT2D eigenvalue weighted by Gasteiger charge is -2.30. The molecule has 4 nitrogen and oxygen atoms in total. The van der Waals surface area contributed by atoms with Crippen LogP contribution in [0.5, 0.6) is 0 Å². The molecule has 0 bridgehead atoms. The molecule has 0 atom stereocenters. The fourth-order valence-electron chi connectivity index (χ4n) is 2.68. The summed E-state index contributed by atoms with van der Waals surface area (Å²) in [5, 5.41) is 0. The Morgan fingerprint density at radius 2 is 2.05 bits per heavy atom. The van der Waals surface area contributed by atoms with Gasteiger partial charge in [-0.05, 0) is 33.0 Å². The molecule has 5 heteroatoms. The zero-order chi connectivity index (χ0) is 14.5. The van der Waals surface area contributed by atoms with Gasteiger partial charge in [0.25, 0.3) is 5.91 Å². The topological polar surface area (TPSA) is 36.4 Å². The first-order chi connectivity index (χ1) is 9.59. The number of hydrogen-bond acceptors (Lipinski definition) is 3. The van der Waals surface area contributed by atoms with Crippen molar-refractivity contribution in [1.29, 1.82) is 0 Å². The number of pyridine rings is 1. The minimum atomic E-state index is -0.537. The van der Waals surface area contributed by atoms with Crippen LogP contribution in [0.4, 0.5) is 4.39 Å². The van der Waals surface area contributed by atoms with Gasteiger partial charge in [-0.3, -0.25) is 9.78 Å². The Morgan fingerprint density at radius 3 is 2.65 bits per heavy atom. The van der Waals surface area contributed by atoms with Gasteiger partial charge >= 0.3 is 0 Å². The van der Waals surface area contributed by atoms with E-state index in [0.717, 1.165) is 38.4 Å². The molecule has 0 aromatic carbocycles. The van der Waals surface area contributed by atoms with E-state index in [1.807, 2.05) is 23.9 Å². The van der Waals surface area contributed by atoms with Crippen LogP contribution in [0.2, 0.25) is 0 Å². The molecule has 1 aliphatic carbocycles. The first kappa shape index (κ1) is 14.9. The van der Waals surface area contributed by atoms with Crippen LogP contribution < -0.4 is 0 Å². The van der Waals surface area contributed by atoms with Crippen molar-refractivity contribution in [3.63, 3.8) is 0 Å². The lowest BCUT2D eigenvalue weighted by atomic mass is 10.1. The molecule has 1 aliphatic rings. The van der Waals surface area contributed by atoms with Crippen molar-refractivity contribution < 1.29 is 9.18 Å². The van der Waals surface area contributed by atoms with Crippen molar-refractivity contribution in [2.45, 2.75) is 31.7 Å². The van der Waals surface area contributed by atoms with Crippen molar-refractivity contribution in [3.05, 3.63) is 29.8 Å². The van der Waals surface area contributed by atoms with Gasteiger partial charge < -0.3 is 9.80 Å². The molecular formula is C15H22FN3O. The molecule has 1 saturated carbocycles. The van der Waals surface area contributed by atoms with Crippen LogP contribution in [0, 0.1) is 5.82 Å². The average Bonchev–Trinajstić information content (AvgIpc) is 2.93. The van der Waals surface area contributed by atoms with Gasteiger partial charge in [0.05, 0.1) is 11.8 Å². The Kier molecular flexibility index (Phi) is 5.06. The summed E-state index contributed by atoms with van der Waals surface area (Å²) in [4.78, 5) is 20.2. The van der Waals surface area contributed by atoms with Crippen molar-refractivity contribution >= 4 is 5.91 Å². The summed E-state index contributed by atoms with van der Waals surface area (Å²) in [7, 11) is 3.95. The second kappa shape index (κ2) is 6.79. The number of likely N-dealkylation sites (N-methyl/N-ethyl adjacent to an activating group) is 1. The van der Waals surface area contributed by atoms with Crippen molar-refractivity contribution in [1.82, 2.24) is 14.8 Å². The molecule has 0 unspecified atom stereocenters. The van der Waals surface area contributed by atoms with Crippen LogP contribution in [0.15, 0.2) is 18.5 Å². The lowest BCUT2D eigenvalue weighted by Crippen LogP contribution is -2.43. The Hall–Kier alpha value is -1.49. The van der Waals surface area contributed by atoms with E-state index in [2.05, 4.69) is 4.98 Å². The van der Waals surface area contributed by atoms with Gasteiger partial charge in [-0.25, -0.2) is 4.39 Å². The number of rotatable bonds is 5. The highest BCUT2D eigenvalue weighted by molar-refractivity contribution is 5.94. The summed E-state index contributed by atoms with van der Waals surface area (Å²) in [6.45, 7) is 1.42. The highest BCUT2D eigenvalue weighted by atomic mass is 19.1. The largest absolute Gasteiger partial charge is 0.334 e. The molecule has 1 aromatic rings. The molecule has 0 aliphatic heterocycles. The Balaban J connectivity index is 2.16. The molecule has 0 saturated heterocycles. The normalized spacial score (nSPS) is 15.8. The van der Waals surface area contributed by atoms with Crippen LogP contribution in [-0.2, 0) is 0 Å². The van der Waals surface area contributed by atoms with Crippen LogP contribution in [0.1, 0.15) is 36.0 Å². The molecule has 20 heavy (non-hydrogen) atoms. The molecule has 1 aromatic heterocycles. The predicted molar refractivity (Wildman–Crippen MR) is 76.0 cm³/mol. The summed E-state index contributed by atoms with van der Waals surface area (Å²) < 4.78 is 13.8. The van der Waals surface area contributed by atoms with E-state index in [-0.39, 0.29) is 17.5 Å². The SMILES string of the molecule is CN(C)CCN(C(=O)c1ccncc1F)C1CCCC1. The molecule has 110 valence electrons. The second-order valence-corrected chi connectivity index (χ2v) is 5.60. The first-order valence-corrected chi connectivity index (χ1v) is 7.15. The van der Waals surface area contributed by atoms with Crippen LogP contribution in [0.3, 0.4) is 0 Å². The smallest absolute Gasteiger partial charge is 0.257 e. The third-order valence-corrected chi connectivity index (χ3v) is 3.82. The number of halogens is 1. The monoisotopic (exact) mass is 279 g/mol. The summed E-state index contributed by atoms with van der Waals surface area (Å²) in [5.74, 6) is -0.746. The fraction of sp³-hybridized carbons (Fsp3) is 0.600. The van der Waals surface area contributed by atoms with E-state index in [0.29, 0.717) is 6.54 Å². The average molecular weight is 279 g/mol. The van der Waals surface area contributed by atoms with E-state index >= 15 is 0 Å². The van der Waals surface area contributed by atoms with Gasteiger partial charge in [-0.1, -0.05) is 12.8 Å². The van der Waals surface area contributed by atoms with Crippen molar-refractivity contribution in [2.24, 2.45) is 0 Å². The zero-order valence-electron chi connectivity index (χ0n) is 12.2. The number of carbonyl (C=O) groups excluding carboxylic acids is 1. The lowest BCUT2D eigenvalue weighted by molar-refractivity contribution is 0.0662. The van der Waals surface area contributed by atoms with Crippen LogP contribution in [-0.4, -0.2) is 53.9 Å². The number of hydrogen-bond donors (Lipinski definition) is 0. The molecule has 1 heterocycles. The third kappa shape index (κ3) is 3.54. The van der Waals surface area contributed by atoms with Crippen molar-refractivity contribution in [3.8, 4) is 0 Å². The maximum Gasteiger partial charge on any atom is 0.257 e. The van der Waals surface area contributed by atoms with Crippen molar-refractivity contribution in [2.75, 3.05) is 27.2 Å². The van der Waals surface area contributed by atoms with E-state index in [9.17, 15) is 9.18 Å². The number of aromatic nitrogens is 1. The highest BCUT2D eigenvalue weighted by Gasteiger charge is 2.28. The molecule has 0 radical (unpaired) electrons. The standard InChI is InChI=1S/C15H22FN3O/c1-18(2)9-10-19(12-5-3-4-6-12)15(20)13-7-8-17-11-14(13)16/h7-8,11-12H,3-6,9-10H2,1-2H3. The third-order valence-electron chi connectivity index (χ3n) is 3.82. The Labute approximate surface area is 119 Å². The zero-order valence-corrected chi connectivity index (χ0v) is 12.2. The molecule has 0 N–H and O–H groups in total. The minimum Gasteiger partial charge on any atom is -0.334 e. The molecular weight excluding hydrogens is 257 g/mol. The molecule has 0 spiro atoms. The van der Waals surface area contributed by atoms with E-state index in [1.165, 1.54) is 12.3 Å². The Bertz CT molecular complexity index is 458. The van der Waals surface area contributed by atoms with Gasteiger partial charge in [0.2, 0.25) is 0 Å². The Morgan fingerprint density at radius 1 is 1.35 bits per heavy atom. The molecule has 2 rings (SSSR count). The number of amides is 1. The van der Waals surface area contributed by atoms with Gasteiger partial charge in [0, 0.05) is 25.3 Å². The molecule has 1 amide bonds. The maximum atomic E-state index is 13.8. The van der Waals surface area contributed by atoms with E-state index in [4.69, 9.17) is 0 Å². The maximum absolute atomic E-state index is 13.8. The van der Waals surface area contributed by atoms with Gasteiger partial charge in [0.15, 0.2) is 5.82 Å². The van der Waals surface area contributed by atoms with Gasteiger partial charge in [-0.2, -0.15) is 0 Å². The van der Waals surface area contributed by atoms with Gasteiger partial charge in [0.1, 0.15) is 0 Å². The van der Waals surface area contributed by atoms with Gasteiger partial charge in [-0.15, -0.1) is 0 Å². The fourth-order valence-corrected chi connectivity index (χ4v) is 2.68. The van der Waals surface area contributed by atoms with Crippen LogP contribution in [0.25, 0.3) is 0 Å². The predicted octanol–water partition coefficient (Wildman–Crippen LogP) is 2.17. The summed E-state index contributed by atoms with van der Waals surface area (Å²) in [6, 6.07) is 1.71. The number of carbonyl (C=O) groups is 1. The number of nitrogens with zero attached hydrogens (tertiary/aromatic N) is 3. The summed E-state index contributed by atoms with van der Waals surface area (Å²) in [5.41, 5.74) is 0.130. The van der Waals surface area contributed by atoms with E-state index < -0.39 is 5.82 Å².